The van der Waals surface area contributed by atoms with E-state index >= 15 is 0 Å². The van der Waals surface area contributed by atoms with Crippen LogP contribution in [0.4, 0.5) is 10.5 Å². The van der Waals surface area contributed by atoms with Gasteiger partial charge < -0.3 is 10.2 Å². The highest BCUT2D eigenvalue weighted by Gasteiger charge is 2.20. The number of unbranched alkanes of at least 4 members (excludes halogenated alkanes) is 2. The van der Waals surface area contributed by atoms with Gasteiger partial charge in [0.25, 0.3) is 0 Å². The molecule has 110 valence electrons. The maximum absolute atomic E-state index is 12.1. The number of amides is 2. The zero-order valence-corrected chi connectivity index (χ0v) is 12.3. The van der Waals surface area contributed by atoms with E-state index in [0.29, 0.717) is 0 Å². The average molecular weight is 275 g/mol. The summed E-state index contributed by atoms with van der Waals surface area (Å²) in [6.07, 6.45) is 3.83. The van der Waals surface area contributed by atoms with Crippen LogP contribution in [0.15, 0.2) is 30.3 Å². The molecule has 0 spiro atoms. The highest BCUT2D eigenvalue weighted by molar-refractivity contribution is 5.89. The van der Waals surface area contributed by atoms with Crippen molar-refractivity contribution in [1.29, 1.82) is 0 Å². The number of rotatable bonds is 5. The maximum atomic E-state index is 12.1. The monoisotopic (exact) mass is 275 g/mol. The van der Waals surface area contributed by atoms with Gasteiger partial charge in [0.15, 0.2) is 0 Å². The minimum atomic E-state index is 0.0180. The molecule has 1 N–H and O–H groups in total. The van der Waals surface area contributed by atoms with Crippen molar-refractivity contribution in [2.75, 3.05) is 38.0 Å². The van der Waals surface area contributed by atoms with E-state index in [0.717, 1.165) is 31.9 Å². The third-order valence-electron chi connectivity index (χ3n) is 3.76. The summed E-state index contributed by atoms with van der Waals surface area (Å²) < 4.78 is 0. The maximum Gasteiger partial charge on any atom is 0.321 e. The quantitative estimate of drug-likeness (QED) is 0.838. The van der Waals surface area contributed by atoms with Crippen LogP contribution in [0, 0.1) is 0 Å². The van der Waals surface area contributed by atoms with Crippen LogP contribution in [0.3, 0.4) is 0 Å². The van der Waals surface area contributed by atoms with E-state index in [2.05, 4.69) is 17.1 Å². The summed E-state index contributed by atoms with van der Waals surface area (Å²) in [6, 6.07) is 9.66. The first-order valence-electron chi connectivity index (χ1n) is 7.63. The van der Waals surface area contributed by atoms with Crippen LogP contribution in [0.2, 0.25) is 0 Å². The Morgan fingerprint density at radius 1 is 1.10 bits per heavy atom. The van der Waals surface area contributed by atoms with Crippen molar-refractivity contribution >= 4 is 11.7 Å². The molecule has 0 atom stereocenters. The predicted octanol–water partition coefficient (Wildman–Crippen LogP) is 3.03. The number of nitrogens with zero attached hydrogens (tertiary/aromatic N) is 2. The van der Waals surface area contributed by atoms with Gasteiger partial charge in [-0.2, -0.15) is 0 Å². The topological polar surface area (TPSA) is 35.6 Å². The van der Waals surface area contributed by atoms with Crippen LogP contribution in [-0.2, 0) is 0 Å². The molecule has 0 saturated carbocycles. The number of hydrogen-bond donors (Lipinski definition) is 1. The van der Waals surface area contributed by atoms with E-state index in [-0.39, 0.29) is 6.03 Å². The Bertz CT molecular complexity index is 399. The molecule has 2 rings (SSSR count). The van der Waals surface area contributed by atoms with Gasteiger partial charge >= 0.3 is 6.03 Å². The third kappa shape index (κ3) is 4.53. The summed E-state index contributed by atoms with van der Waals surface area (Å²) >= 11 is 0. The highest BCUT2D eigenvalue weighted by Crippen LogP contribution is 2.09. The molecule has 0 aliphatic carbocycles. The second-order valence-corrected chi connectivity index (χ2v) is 5.33. The van der Waals surface area contributed by atoms with E-state index < -0.39 is 0 Å². The molecule has 4 nitrogen and oxygen atoms in total. The molecule has 2 amide bonds. The number of nitrogens with one attached hydrogen (secondary N) is 1. The van der Waals surface area contributed by atoms with Crippen molar-refractivity contribution in [3.05, 3.63) is 30.3 Å². The fourth-order valence-electron chi connectivity index (χ4n) is 2.48. The lowest BCUT2D eigenvalue weighted by molar-refractivity contribution is 0.146. The molecule has 1 aromatic carbocycles. The number of anilines is 1. The summed E-state index contributed by atoms with van der Waals surface area (Å²) in [6.45, 7) is 7.03. The Kier molecular flexibility index (Phi) is 5.87. The Labute approximate surface area is 121 Å². The molecule has 1 heterocycles. The van der Waals surface area contributed by atoms with Crippen molar-refractivity contribution in [3.63, 3.8) is 0 Å². The van der Waals surface area contributed by atoms with Crippen LogP contribution >= 0.6 is 0 Å². The number of carbonyl (C=O) groups excluding carboxylic acids is 1. The molecule has 0 aromatic heterocycles. The second kappa shape index (κ2) is 7.90. The number of carbonyl (C=O) groups is 1. The standard InChI is InChI=1S/C16H25N3O/c1-2-3-7-10-18-11-13-19(14-12-18)16(20)17-15-8-5-4-6-9-15/h4-6,8-9H,2-3,7,10-14H2,1H3,(H,17,20). The summed E-state index contributed by atoms with van der Waals surface area (Å²) in [5, 5.41) is 2.95. The number of hydrogen-bond acceptors (Lipinski definition) is 2. The van der Waals surface area contributed by atoms with Crippen molar-refractivity contribution in [2.24, 2.45) is 0 Å². The van der Waals surface area contributed by atoms with E-state index in [1.807, 2.05) is 35.2 Å². The van der Waals surface area contributed by atoms with Gasteiger partial charge in [0, 0.05) is 31.9 Å². The first-order valence-corrected chi connectivity index (χ1v) is 7.63. The molecule has 1 saturated heterocycles. The number of piperazine rings is 1. The normalized spacial score (nSPS) is 16.1. The Morgan fingerprint density at radius 2 is 1.80 bits per heavy atom. The molecule has 4 heteroatoms. The first kappa shape index (κ1) is 14.9. The van der Waals surface area contributed by atoms with Crippen LogP contribution in [-0.4, -0.2) is 48.6 Å². The molecule has 1 aromatic rings. The first-order chi connectivity index (χ1) is 9.79. The van der Waals surface area contributed by atoms with Crippen LogP contribution in [0.25, 0.3) is 0 Å². The van der Waals surface area contributed by atoms with Crippen molar-refractivity contribution in [2.45, 2.75) is 26.2 Å². The molecular formula is C16H25N3O. The van der Waals surface area contributed by atoms with Crippen LogP contribution in [0.1, 0.15) is 26.2 Å². The van der Waals surface area contributed by atoms with Gasteiger partial charge in [-0.25, -0.2) is 4.79 Å². The summed E-state index contributed by atoms with van der Waals surface area (Å²) in [7, 11) is 0. The fraction of sp³-hybridized carbons (Fsp3) is 0.562. The van der Waals surface area contributed by atoms with E-state index in [1.54, 1.807) is 0 Å². The predicted molar refractivity (Wildman–Crippen MR) is 83.0 cm³/mol. The van der Waals surface area contributed by atoms with Gasteiger partial charge in [0.05, 0.1) is 0 Å². The van der Waals surface area contributed by atoms with Gasteiger partial charge in [0.2, 0.25) is 0 Å². The molecule has 0 radical (unpaired) electrons. The molecular weight excluding hydrogens is 250 g/mol. The summed E-state index contributed by atoms with van der Waals surface area (Å²) in [5.41, 5.74) is 0.864. The molecule has 20 heavy (non-hydrogen) atoms. The van der Waals surface area contributed by atoms with Crippen LogP contribution < -0.4 is 5.32 Å². The molecule has 1 fully saturated rings. The lowest BCUT2D eigenvalue weighted by Gasteiger charge is -2.34. The van der Waals surface area contributed by atoms with Crippen molar-refractivity contribution < 1.29 is 4.79 Å². The van der Waals surface area contributed by atoms with Gasteiger partial charge in [-0.1, -0.05) is 38.0 Å². The third-order valence-corrected chi connectivity index (χ3v) is 3.76. The Hall–Kier alpha value is -1.55. The lowest BCUT2D eigenvalue weighted by Crippen LogP contribution is -2.50. The Morgan fingerprint density at radius 3 is 2.45 bits per heavy atom. The SMILES string of the molecule is CCCCCN1CCN(C(=O)Nc2ccccc2)CC1. The highest BCUT2D eigenvalue weighted by atomic mass is 16.2. The van der Waals surface area contributed by atoms with Crippen molar-refractivity contribution in [1.82, 2.24) is 9.80 Å². The summed E-state index contributed by atoms with van der Waals surface area (Å²) in [5.74, 6) is 0. The smallest absolute Gasteiger partial charge is 0.321 e. The van der Waals surface area contributed by atoms with E-state index in [1.165, 1.54) is 25.8 Å². The molecule has 0 unspecified atom stereocenters. The van der Waals surface area contributed by atoms with Crippen LogP contribution in [0.5, 0.6) is 0 Å². The zero-order chi connectivity index (χ0) is 14.2. The number of para-hydroxylation sites is 1. The van der Waals surface area contributed by atoms with Gasteiger partial charge in [-0.15, -0.1) is 0 Å². The van der Waals surface area contributed by atoms with Gasteiger partial charge in [-0.05, 0) is 25.1 Å². The number of benzene rings is 1. The van der Waals surface area contributed by atoms with Crippen molar-refractivity contribution in [3.8, 4) is 0 Å². The Balaban J connectivity index is 1.72. The fourth-order valence-corrected chi connectivity index (χ4v) is 2.48. The number of urea groups is 1. The minimum Gasteiger partial charge on any atom is -0.322 e. The molecule has 1 aliphatic rings. The molecule has 0 bridgehead atoms. The van der Waals surface area contributed by atoms with E-state index in [9.17, 15) is 4.79 Å². The largest absolute Gasteiger partial charge is 0.322 e. The summed E-state index contributed by atoms with van der Waals surface area (Å²) in [4.78, 5) is 16.5. The van der Waals surface area contributed by atoms with Gasteiger partial charge in [0.1, 0.15) is 0 Å². The minimum absolute atomic E-state index is 0.0180. The molecule has 1 aliphatic heterocycles. The van der Waals surface area contributed by atoms with E-state index in [4.69, 9.17) is 0 Å². The zero-order valence-electron chi connectivity index (χ0n) is 12.3. The van der Waals surface area contributed by atoms with Gasteiger partial charge in [-0.3, -0.25) is 4.90 Å². The average Bonchev–Trinajstić information content (AvgIpc) is 2.49. The second-order valence-electron chi connectivity index (χ2n) is 5.33. The lowest BCUT2D eigenvalue weighted by atomic mass is 10.2.